The molecule has 124 valence electrons. The monoisotopic (exact) mass is 399 g/mol. The summed E-state index contributed by atoms with van der Waals surface area (Å²) >= 11 is 3.54. The fraction of sp³-hybridized carbons (Fsp3) is 0.400. The first-order valence-electron chi connectivity index (χ1n) is 7.24. The van der Waals surface area contributed by atoms with E-state index in [0.717, 1.165) is 43.6 Å². The van der Waals surface area contributed by atoms with Crippen LogP contribution in [0.15, 0.2) is 22.7 Å². The SMILES string of the molecule is CN(CC(=O)N1CCc2[nH]c3c(Br)cccc3c2C1)S(C)(=O)=O. The van der Waals surface area contributed by atoms with Gasteiger partial charge in [-0.25, -0.2) is 8.42 Å². The highest BCUT2D eigenvalue weighted by Crippen LogP contribution is 2.31. The summed E-state index contributed by atoms with van der Waals surface area (Å²) in [5, 5.41) is 1.10. The summed E-state index contributed by atoms with van der Waals surface area (Å²) < 4.78 is 25.0. The van der Waals surface area contributed by atoms with Crippen molar-refractivity contribution in [2.24, 2.45) is 0 Å². The summed E-state index contributed by atoms with van der Waals surface area (Å²) in [5.41, 5.74) is 3.30. The van der Waals surface area contributed by atoms with E-state index in [-0.39, 0.29) is 12.5 Å². The summed E-state index contributed by atoms with van der Waals surface area (Å²) in [6, 6.07) is 5.99. The lowest BCUT2D eigenvalue weighted by Crippen LogP contribution is -2.42. The molecule has 8 heteroatoms. The van der Waals surface area contributed by atoms with E-state index >= 15 is 0 Å². The van der Waals surface area contributed by atoms with E-state index in [4.69, 9.17) is 0 Å². The minimum atomic E-state index is -3.35. The van der Waals surface area contributed by atoms with Crippen molar-refractivity contribution >= 4 is 42.8 Å². The third-order valence-corrected chi connectivity index (χ3v) is 6.16. The van der Waals surface area contributed by atoms with E-state index < -0.39 is 10.0 Å². The van der Waals surface area contributed by atoms with Gasteiger partial charge in [0.2, 0.25) is 15.9 Å². The first kappa shape index (κ1) is 16.5. The summed E-state index contributed by atoms with van der Waals surface area (Å²) in [6.07, 6.45) is 1.84. The van der Waals surface area contributed by atoms with Gasteiger partial charge in [-0.3, -0.25) is 4.79 Å². The largest absolute Gasteiger partial charge is 0.357 e. The number of sulfonamides is 1. The Labute approximate surface area is 143 Å². The van der Waals surface area contributed by atoms with E-state index in [1.165, 1.54) is 7.05 Å². The fourth-order valence-electron chi connectivity index (χ4n) is 2.82. The van der Waals surface area contributed by atoms with Gasteiger partial charge >= 0.3 is 0 Å². The van der Waals surface area contributed by atoms with Crippen molar-refractivity contribution < 1.29 is 13.2 Å². The minimum absolute atomic E-state index is 0.125. The Morgan fingerprint density at radius 1 is 1.43 bits per heavy atom. The number of carbonyl (C=O) groups excluding carboxylic acids is 1. The zero-order chi connectivity index (χ0) is 16.8. The van der Waals surface area contributed by atoms with E-state index in [9.17, 15) is 13.2 Å². The van der Waals surface area contributed by atoms with Crippen molar-refractivity contribution in [3.63, 3.8) is 0 Å². The van der Waals surface area contributed by atoms with E-state index in [1.54, 1.807) is 4.90 Å². The predicted molar refractivity (Wildman–Crippen MR) is 92.6 cm³/mol. The summed E-state index contributed by atoms with van der Waals surface area (Å²) in [7, 11) is -1.93. The topological polar surface area (TPSA) is 73.5 Å². The molecule has 0 saturated carbocycles. The Morgan fingerprint density at radius 3 is 2.87 bits per heavy atom. The third-order valence-electron chi connectivity index (χ3n) is 4.24. The molecule has 0 radical (unpaired) electrons. The maximum atomic E-state index is 12.4. The number of hydrogen-bond donors (Lipinski definition) is 1. The number of amides is 1. The molecule has 1 aromatic heterocycles. The molecule has 3 rings (SSSR count). The number of para-hydroxylation sites is 1. The van der Waals surface area contributed by atoms with Crippen LogP contribution in [0.3, 0.4) is 0 Å². The van der Waals surface area contributed by atoms with Gasteiger partial charge in [-0.1, -0.05) is 12.1 Å². The molecule has 0 unspecified atom stereocenters. The van der Waals surface area contributed by atoms with E-state index in [0.29, 0.717) is 13.1 Å². The van der Waals surface area contributed by atoms with Crippen molar-refractivity contribution in [1.29, 1.82) is 0 Å². The Kier molecular flexibility index (Phi) is 4.24. The molecule has 0 fully saturated rings. The van der Waals surface area contributed by atoms with Crippen molar-refractivity contribution in [3.8, 4) is 0 Å². The standard InChI is InChI=1S/C15H18BrN3O3S/c1-18(23(2,21)22)9-14(20)19-7-6-13-11(8-19)10-4-3-5-12(16)15(10)17-13/h3-5,17H,6-9H2,1-2H3. The van der Waals surface area contributed by atoms with Crippen LogP contribution in [0.1, 0.15) is 11.3 Å². The van der Waals surface area contributed by atoms with Gasteiger partial charge in [-0.15, -0.1) is 0 Å². The number of fused-ring (bicyclic) bond motifs is 3. The number of halogens is 1. The Balaban J connectivity index is 1.84. The molecular formula is C15H18BrN3O3S. The average Bonchev–Trinajstić information content (AvgIpc) is 2.85. The summed E-state index contributed by atoms with van der Waals surface area (Å²) in [5.74, 6) is -0.173. The smallest absolute Gasteiger partial charge is 0.238 e. The number of rotatable bonds is 3. The molecule has 0 atom stereocenters. The molecule has 1 N–H and O–H groups in total. The zero-order valence-electron chi connectivity index (χ0n) is 13.0. The van der Waals surface area contributed by atoms with Crippen LogP contribution in [0.25, 0.3) is 10.9 Å². The number of likely N-dealkylation sites (N-methyl/N-ethyl adjacent to an activating group) is 1. The number of aromatic nitrogens is 1. The Hall–Kier alpha value is -1.38. The molecule has 2 aromatic rings. The molecule has 1 aliphatic rings. The van der Waals surface area contributed by atoms with Crippen molar-refractivity contribution in [3.05, 3.63) is 33.9 Å². The van der Waals surface area contributed by atoms with E-state index in [1.807, 2.05) is 18.2 Å². The minimum Gasteiger partial charge on any atom is -0.357 e. The highest BCUT2D eigenvalue weighted by molar-refractivity contribution is 9.10. The first-order valence-corrected chi connectivity index (χ1v) is 9.88. The molecule has 0 saturated heterocycles. The van der Waals surface area contributed by atoms with Gasteiger partial charge in [-0.2, -0.15) is 4.31 Å². The van der Waals surface area contributed by atoms with Crippen LogP contribution in [0.4, 0.5) is 0 Å². The van der Waals surface area contributed by atoms with Gasteiger partial charge in [0.25, 0.3) is 0 Å². The first-order chi connectivity index (χ1) is 10.8. The predicted octanol–water partition coefficient (Wildman–Crippen LogP) is 1.71. The van der Waals surface area contributed by atoms with Crippen LogP contribution in [-0.4, -0.2) is 54.9 Å². The van der Waals surface area contributed by atoms with Gasteiger partial charge in [0.05, 0.1) is 18.3 Å². The van der Waals surface area contributed by atoms with Gasteiger partial charge < -0.3 is 9.88 Å². The maximum absolute atomic E-state index is 12.4. The number of carbonyl (C=O) groups is 1. The van der Waals surface area contributed by atoms with Crippen molar-refractivity contribution in [2.45, 2.75) is 13.0 Å². The van der Waals surface area contributed by atoms with Gasteiger partial charge in [-0.05, 0) is 22.0 Å². The molecule has 23 heavy (non-hydrogen) atoms. The van der Waals surface area contributed by atoms with Gasteiger partial charge in [0.1, 0.15) is 0 Å². The number of hydrogen-bond acceptors (Lipinski definition) is 3. The molecule has 0 spiro atoms. The van der Waals surface area contributed by atoms with Crippen LogP contribution < -0.4 is 0 Å². The second-order valence-electron chi connectivity index (χ2n) is 5.83. The highest BCUT2D eigenvalue weighted by atomic mass is 79.9. The molecule has 1 aliphatic heterocycles. The fourth-order valence-corrected chi connectivity index (χ4v) is 3.63. The van der Waals surface area contributed by atoms with Gasteiger partial charge in [0, 0.05) is 47.7 Å². The Morgan fingerprint density at radius 2 is 2.17 bits per heavy atom. The van der Waals surface area contributed by atoms with E-state index in [2.05, 4.69) is 20.9 Å². The number of aromatic amines is 1. The van der Waals surface area contributed by atoms with Crippen LogP contribution in [0.5, 0.6) is 0 Å². The molecule has 2 heterocycles. The summed E-state index contributed by atoms with van der Waals surface area (Å²) in [6.45, 7) is 0.969. The number of nitrogens with zero attached hydrogens (tertiary/aromatic N) is 2. The highest BCUT2D eigenvalue weighted by Gasteiger charge is 2.26. The second-order valence-corrected chi connectivity index (χ2v) is 8.77. The third kappa shape index (κ3) is 3.15. The summed E-state index contributed by atoms with van der Waals surface area (Å²) in [4.78, 5) is 17.5. The molecule has 1 amide bonds. The van der Waals surface area contributed by atoms with Gasteiger partial charge in [0.15, 0.2) is 0 Å². The number of benzene rings is 1. The Bertz CT molecular complexity index is 875. The zero-order valence-corrected chi connectivity index (χ0v) is 15.4. The van der Waals surface area contributed by atoms with Crippen LogP contribution in [0.2, 0.25) is 0 Å². The van der Waals surface area contributed by atoms with Crippen LogP contribution in [-0.2, 0) is 27.8 Å². The number of H-pyrrole nitrogens is 1. The van der Waals surface area contributed by atoms with Crippen LogP contribution in [0, 0.1) is 0 Å². The maximum Gasteiger partial charge on any atom is 0.238 e. The average molecular weight is 400 g/mol. The van der Waals surface area contributed by atoms with Crippen LogP contribution >= 0.6 is 15.9 Å². The van der Waals surface area contributed by atoms with Crippen molar-refractivity contribution in [1.82, 2.24) is 14.2 Å². The number of nitrogens with one attached hydrogen (secondary N) is 1. The van der Waals surface area contributed by atoms with Crippen molar-refractivity contribution in [2.75, 3.05) is 26.4 Å². The molecule has 6 nitrogen and oxygen atoms in total. The lowest BCUT2D eigenvalue weighted by molar-refractivity contribution is -0.132. The molecule has 0 bridgehead atoms. The lowest BCUT2D eigenvalue weighted by Gasteiger charge is -2.28. The normalized spacial score (nSPS) is 15.2. The lowest BCUT2D eigenvalue weighted by atomic mass is 10.0. The second kappa shape index (κ2) is 5.92. The molecule has 1 aromatic carbocycles. The molecule has 0 aliphatic carbocycles. The quantitative estimate of drug-likeness (QED) is 0.853. The molecular weight excluding hydrogens is 382 g/mol.